The smallest absolute Gasteiger partial charge is 0.242 e. The maximum absolute atomic E-state index is 12.9. The number of hydrogen-bond donors (Lipinski definition) is 1. The van der Waals surface area contributed by atoms with Crippen molar-refractivity contribution in [1.29, 1.82) is 0 Å². The van der Waals surface area contributed by atoms with Crippen molar-refractivity contribution in [1.82, 2.24) is 14.2 Å². The highest BCUT2D eigenvalue weighted by atomic mass is 32.2. The van der Waals surface area contributed by atoms with E-state index in [1.165, 1.54) is 56.4 Å². The molecule has 0 spiro atoms. The first-order valence-electron chi connectivity index (χ1n) is 12.0. The third kappa shape index (κ3) is 5.39. The SMILES string of the molecule is COc1cc(S(=O)(=O)N(C)C)cc(-c2ccc(CN3CCCCCC3c3ccccc3)[nH]2)c1OC. The summed E-state index contributed by atoms with van der Waals surface area (Å²) in [7, 11) is 2.46. The molecule has 0 aliphatic carbocycles. The highest BCUT2D eigenvalue weighted by molar-refractivity contribution is 7.89. The molecule has 0 amide bonds. The van der Waals surface area contributed by atoms with Gasteiger partial charge < -0.3 is 14.5 Å². The van der Waals surface area contributed by atoms with Crippen LogP contribution in [0.3, 0.4) is 0 Å². The van der Waals surface area contributed by atoms with Crippen molar-refractivity contribution >= 4 is 10.0 Å². The minimum Gasteiger partial charge on any atom is -0.493 e. The van der Waals surface area contributed by atoms with E-state index in [2.05, 4.69) is 46.3 Å². The van der Waals surface area contributed by atoms with E-state index in [-0.39, 0.29) is 4.90 Å². The Kier molecular flexibility index (Phi) is 7.84. The Bertz CT molecular complexity index is 1240. The second kappa shape index (κ2) is 10.8. The Balaban J connectivity index is 1.68. The summed E-state index contributed by atoms with van der Waals surface area (Å²) in [6, 6.07) is 18.3. The topological polar surface area (TPSA) is 74.9 Å². The molecule has 1 aliphatic heterocycles. The molecule has 0 bridgehead atoms. The van der Waals surface area contributed by atoms with Gasteiger partial charge in [0.2, 0.25) is 10.0 Å². The average Bonchev–Trinajstić information content (AvgIpc) is 3.21. The van der Waals surface area contributed by atoms with Gasteiger partial charge in [0.15, 0.2) is 11.5 Å². The van der Waals surface area contributed by atoms with E-state index in [0.29, 0.717) is 23.1 Å². The van der Waals surface area contributed by atoms with Crippen molar-refractivity contribution in [3.63, 3.8) is 0 Å². The number of likely N-dealkylation sites (tertiary alicyclic amines) is 1. The van der Waals surface area contributed by atoms with Gasteiger partial charge in [-0.15, -0.1) is 0 Å². The number of aromatic nitrogens is 1. The summed E-state index contributed by atoms with van der Waals surface area (Å²) in [5.41, 5.74) is 3.87. The van der Waals surface area contributed by atoms with Crippen LogP contribution in [0.2, 0.25) is 0 Å². The van der Waals surface area contributed by atoms with Crippen molar-refractivity contribution in [2.45, 2.75) is 43.2 Å². The summed E-state index contributed by atoms with van der Waals surface area (Å²) >= 11 is 0. The Hall–Kier alpha value is -2.81. The van der Waals surface area contributed by atoms with Crippen LogP contribution in [0, 0.1) is 0 Å². The molecule has 3 aromatic rings. The van der Waals surface area contributed by atoms with Crippen LogP contribution in [0.4, 0.5) is 0 Å². The van der Waals surface area contributed by atoms with Crippen LogP contribution in [-0.2, 0) is 16.6 Å². The van der Waals surface area contributed by atoms with E-state index in [1.54, 1.807) is 13.2 Å². The van der Waals surface area contributed by atoms with Crippen LogP contribution < -0.4 is 9.47 Å². The summed E-state index contributed by atoms with van der Waals surface area (Å²) in [5.74, 6) is 0.869. The molecule has 2 aromatic carbocycles. The fraction of sp³-hybridized carbons (Fsp3) is 0.407. The molecule has 1 N–H and O–H groups in total. The third-order valence-corrected chi connectivity index (χ3v) is 8.48. The average molecular weight is 498 g/mol. The molecule has 1 fully saturated rings. The molecule has 188 valence electrons. The number of rotatable bonds is 8. The molecule has 35 heavy (non-hydrogen) atoms. The number of nitrogens with zero attached hydrogens (tertiary/aromatic N) is 2. The largest absolute Gasteiger partial charge is 0.493 e. The maximum atomic E-state index is 12.9. The van der Waals surface area contributed by atoms with E-state index in [4.69, 9.17) is 9.47 Å². The lowest BCUT2D eigenvalue weighted by atomic mass is 10.0. The second-order valence-corrected chi connectivity index (χ2v) is 11.3. The Morgan fingerprint density at radius 1 is 1.00 bits per heavy atom. The van der Waals surface area contributed by atoms with Crippen LogP contribution in [0.15, 0.2) is 59.5 Å². The maximum Gasteiger partial charge on any atom is 0.242 e. The first-order valence-corrected chi connectivity index (χ1v) is 13.4. The van der Waals surface area contributed by atoms with Gasteiger partial charge in [0.25, 0.3) is 0 Å². The van der Waals surface area contributed by atoms with E-state index >= 15 is 0 Å². The molecule has 1 aromatic heterocycles. The van der Waals surface area contributed by atoms with E-state index < -0.39 is 10.0 Å². The quantitative estimate of drug-likeness (QED) is 0.471. The molecule has 0 radical (unpaired) electrons. The van der Waals surface area contributed by atoms with Crippen LogP contribution in [0.5, 0.6) is 11.5 Å². The van der Waals surface area contributed by atoms with Gasteiger partial charge >= 0.3 is 0 Å². The number of nitrogens with one attached hydrogen (secondary N) is 1. The van der Waals surface area contributed by atoms with Gasteiger partial charge in [-0.3, -0.25) is 4.90 Å². The normalized spacial score (nSPS) is 17.3. The standard InChI is InChI=1S/C27H35N3O4S/c1-29(2)35(31,32)22-17-23(27(34-4)26(18-22)33-3)24-15-14-21(28-24)19-30-16-10-6-9-13-25(30)20-11-7-5-8-12-20/h5,7-8,11-12,14-15,17-18,25,28H,6,9-10,13,16,19H2,1-4H3. The predicted octanol–water partition coefficient (Wildman–Crippen LogP) is 5.07. The first-order chi connectivity index (χ1) is 16.8. The van der Waals surface area contributed by atoms with Gasteiger partial charge in [-0.25, -0.2) is 12.7 Å². The van der Waals surface area contributed by atoms with Gasteiger partial charge in [-0.05, 0) is 43.1 Å². The molecule has 1 aliphatic rings. The molecule has 1 unspecified atom stereocenters. The lowest BCUT2D eigenvalue weighted by Crippen LogP contribution is -2.28. The molecule has 4 rings (SSSR count). The van der Waals surface area contributed by atoms with E-state index in [9.17, 15) is 8.42 Å². The number of benzene rings is 2. The van der Waals surface area contributed by atoms with Crippen molar-refractivity contribution in [2.24, 2.45) is 0 Å². The lowest BCUT2D eigenvalue weighted by molar-refractivity contribution is 0.190. The molecule has 2 heterocycles. The molecule has 8 heteroatoms. The zero-order valence-corrected chi connectivity index (χ0v) is 21.8. The molecule has 7 nitrogen and oxygen atoms in total. The Morgan fingerprint density at radius 3 is 2.46 bits per heavy atom. The van der Waals surface area contributed by atoms with E-state index in [1.807, 2.05) is 6.07 Å². The van der Waals surface area contributed by atoms with Crippen molar-refractivity contribution in [2.75, 3.05) is 34.9 Å². The van der Waals surface area contributed by atoms with Crippen molar-refractivity contribution in [3.8, 4) is 22.8 Å². The summed E-state index contributed by atoms with van der Waals surface area (Å²) in [6.07, 6.45) is 4.81. The molecule has 1 atom stereocenters. The van der Waals surface area contributed by atoms with Gasteiger partial charge in [0.05, 0.1) is 19.1 Å². The van der Waals surface area contributed by atoms with Gasteiger partial charge in [0.1, 0.15) is 0 Å². The number of sulfonamides is 1. The van der Waals surface area contributed by atoms with Gasteiger partial charge in [0, 0.05) is 49.7 Å². The van der Waals surface area contributed by atoms with Gasteiger partial charge in [-0.1, -0.05) is 43.2 Å². The molecule has 1 saturated heterocycles. The molecule has 0 saturated carbocycles. The highest BCUT2D eigenvalue weighted by Gasteiger charge is 2.25. The van der Waals surface area contributed by atoms with Crippen LogP contribution >= 0.6 is 0 Å². The fourth-order valence-electron chi connectivity index (χ4n) is 4.82. The van der Waals surface area contributed by atoms with Crippen molar-refractivity contribution < 1.29 is 17.9 Å². The van der Waals surface area contributed by atoms with Crippen LogP contribution in [0.25, 0.3) is 11.3 Å². The van der Waals surface area contributed by atoms with Crippen LogP contribution in [0.1, 0.15) is 43.0 Å². The molecular weight excluding hydrogens is 462 g/mol. The predicted molar refractivity (Wildman–Crippen MR) is 138 cm³/mol. The molecular formula is C27H35N3O4S. The summed E-state index contributed by atoms with van der Waals surface area (Å²) in [4.78, 5) is 6.22. The number of hydrogen-bond acceptors (Lipinski definition) is 5. The van der Waals surface area contributed by atoms with Crippen LogP contribution in [-0.4, -0.2) is 57.5 Å². The summed E-state index contributed by atoms with van der Waals surface area (Å²) in [5, 5.41) is 0. The number of aromatic amines is 1. The summed E-state index contributed by atoms with van der Waals surface area (Å²) < 4.78 is 38.1. The monoisotopic (exact) mass is 497 g/mol. The first kappa shape index (κ1) is 25.3. The zero-order chi connectivity index (χ0) is 25.0. The minimum absolute atomic E-state index is 0.156. The fourth-order valence-corrected chi connectivity index (χ4v) is 5.76. The van der Waals surface area contributed by atoms with Crippen molar-refractivity contribution in [3.05, 3.63) is 65.9 Å². The summed E-state index contributed by atoms with van der Waals surface area (Å²) in [6.45, 7) is 1.83. The number of H-pyrrole nitrogens is 1. The third-order valence-electron chi connectivity index (χ3n) is 6.69. The van der Waals surface area contributed by atoms with Gasteiger partial charge in [-0.2, -0.15) is 0 Å². The highest BCUT2D eigenvalue weighted by Crippen LogP contribution is 2.41. The minimum atomic E-state index is -3.65. The lowest BCUT2D eigenvalue weighted by Gasteiger charge is -2.30. The van der Waals surface area contributed by atoms with E-state index in [0.717, 1.165) is 30.9 Å². The second-order valence-electron chi connectivity index (χ2n) is 9.14. The Morgan fingerprint density at radius 2 is 1.77 bits per heavy atom. The number of ether oxygens (including phenoxy) is 2. The number of methoxy groups -OCH3 is 2. The zero-order valence-electron chi connectivity index (χ0n) is 21.0. The Labute approximate surface area is 208 Å².